The Morgan fingerprint density at radius 1 is 1.05 bits per heavy atom. The van der Waals surface area contributed by atoms with Crippen molar-refractivity contribution >= 4 is 34.2 Å². The van der Waals surface area contributed by atoms with Crippen molar-refractivity contribution in [2.45, 2.75) is 104 Å². The second-order valence-electron chi connectivity index (χ2n) is 16.0. The van der Waals surface area contributed by atoms with Gasteiger partial charge >= 0.3 is 6.09 Å². The average Bonchev–Trinajstić information content (AvgIpc) is 3.99. The number of carbonyl (C=O) groups is 2. The van der Waals surface area contributed by atoms with Crippen molar-refractivity contribution in [3.63, 3.8) is 0 Å². The Morgan fingerprint density at radius 3 is 2.61 bits per heavy atom. The van der Waals surface area contributed by atoms with Crippen molar-refractivity contribution < 1.29 is 14.3 Å². The molecule has 2 aliphatic heterocycles. The average molecular weight is 753 g/mol. The highest BCUT2D eigenvalue weighted by molar-refractivity contribution is 5.95. The van der Waals surface area contributed by atoms with E-state index in [2.05, 4.69) is 108 Å². The minimum absolute atomic E-state index is 0.0779. The number of nitrogens with one attached hydrogen (secondary N) is 2. The molecule has 56 heavy (non-hydrogen) atoms. The van der Waals surface area contributed by atoms with Crippen LogP contribution in [0.3, 0.4) is 0 Å². The third kappa shape index (κ3) is 7.81. The van der Waals surface area contributed by atoms with E-state index in [9.17, 15) is 9.59 Å². The molecule has 1 fully saturated rings. The van der Waals surface area contributed by atoms with Crippen molar-refractivity contribution in [2.75, 3.05) is 13.7 Å². The van der Waals surface area contributed by atoms with Gasteiger partial charge < -0.3 is 24.5 Å². The zero-order chi connectivity index (χ0) is 39.5. The molecule has 4 heterocycles. The minimum atomic E-state index is -0.655. The molecular formula is C47H56N6O3. The number of rotatable bonds is 12. The number of aromatic amines is 1. The Kier molecular flexibility index (Phi) is 11.6. The van der Waals surface area contributed by atoms with E-state index >= 15 is 0 Å². The molecule has 7 rings (SSSR count). The van der Waals surface area contributed by atoms with Crippen LogP contribution in [0.5, 0.6) is 0 Å². The molecule has 2 N–H and O–H groups in total. The van der Waals surface area contributed by atoms with Gasteiger partial charge in [0.15, 0.2) is 0 Å². The number of allylic oxidation sites excluding steroid dienone is 1. The Balaban J connectivity index is 1.18. The first-order chi connectivity index (χ1) is 27.1. The highest BCUT2D eigenvalue weighted by Gasteiger charge is 2.36. The summed E-state index contributed by atoms with van der Waals surface area (Å²) >= 11 is 0. The molecule has 9 heteroatoms. The maximum Gasteiger partial charge on any atom is 0.407 e. The summed E-state index contributed by atoms with van der Waals surface area (Å²) in [5.74, 6) is 1.29. The smallest absolute Gasteiger partial charge is 0.407 e. The van der Waals surface area contributed by atoms with Gasteiger partial charge in [0.2, 0.25) is 5.91 Å². The summed E-state index contributed by atoms with van der Waals surface area (Å²) in [5.41, 5.74) is 11.6. The number of likely N-dealkylation sites (tertiary alicyclic amines) is 1. The molecule has 2 aliphatic rings. The molecule has 0 saturated carbocycles. The molecule has 292 valence electrons. The van der Waals surface area contributed by atoms with Crippen molar-refractivity contribution in [1.82, 2.24) is 24.8 Å². The largest absolute Gasteiger partial charge is 0.453 e. The maximum atomic E-state index is 13.6. The Bertz CT molecular complexity index is 2260. The van der Waals surface area contributed by atoms with Gasteiger partial charge in [-0.1, -0.05) is 95.1 Å². The standard InChI is InChI=1S/C47H56N6O3/c1-8-9-14-30(4)45-49-28-39(50-45)35-19-21-41-37(24-35)26-43-38-20-18-34(23-36(38)25-42(53(41)43)33-15-11-10-12-16-33)31(5)27-48-32(6)40-17-13-22-52(40)46(54)44(29(2)3)51-47(55)56-7/h10-12,15-16,18-21,23-24,26-30,40,42,44H,8-9,13-14,17,22,25H2,1-7H3,(H,49,50)(H,51,55)/b31-27+,48-32?/t30-,40-,42?,44-/m0/s1. The second-order valence-corrected chi connectivity index (χ2v) is 16.0. The zero-order valence-corrected chi connectivity index (χ0v) is 33.9. The summed E-state index contributed by atoms with van der Waals surface area (Å²) in [5, 5.41) is 3.95. The van der Waals surface area contributed by atoms with Crippen LogP contribution < -0.4 is 5.32 Å². The first-order valence-corrected chi connectivity index (χ1v) is 20.3. The predicted molar refractivity (Wildman–Crippen MR) is 227 cm³/mol. The first kappa shape index (κ1) is 38.8. The molecule has 0 aliphatic carbocycles. The van der Waals surface area contributed by atoms with E-state index in [0.717, 1.165) is 59.6 Å². The lowest BCUT2D eigenvalue weighted by atomic mass is 9.88. The predicted octanol–water partition coefficient (Wildman–Crippen LogP) is 10.3. The number of unbranched alkanes of at least 4 members (excludes halogenated alkanes) is 1. The van der Waals surface area contributed by atoms with E-state index < -0.39 is 12.1 Å². The zero-order valence-electron chi connectivity index (χ0n) is 33.9. The SMILES string of the molecule is CCCC[C@H](C)c1ncc(-c2ccc3c(c2)cc2n3C(c3ccccc3)Cc3cc(/C(C)=C/N=C(C)[C@@H]4CCCN4C(=O)[C@@H](NC(=O)OC)C(C)C)ccc3-2)[nH]1. The van der Waals surface area contributed by atoms with Crippen LogP contribution in [0, 0.1) is 5.92 Å². The highest BCUT2D eigenvalue weighted by Crippen LogP contribution is 2.43. The number of aliphatic imine (C=N–C) groups is 1. The summed E-state index contributed by atoms with van der Waals surface area (Å²) in [6, 6.07) is 26.2. The Labute approximate surface area is 331 Å². The van der Waals surface area contributed by atoms with Crippen LogP contribution in [-0.2, 0) is 16.0 Å². The van der Waals surface area contributed by atoms with Crippen LogP contribution in [0.1, 0.15) is 108 Å². The number of ether oxygens (including phenoxy) is 1. The first-order valence-electron chi connectivity index (χ1n) is 20.3. The van der Waals surface area contributed by atoms with Crippen LogP contribution in [0.4, 0.5) is 4.79 Å². The lowest BCUT2D eigenvalue weighted by molar-refractivity contribution is -0.134. The van der Waals surface area contributed by atoms with Crippen molar-refractivity contribution in [1.29, 1.82) is 0 Å². The fraction of sp³-hybridized carbons (Fsp3) is 0.404. The number of aromatic nitrogens is 3. The molecule has 2 amide bonds. The fourth-order valence-corrected chi connectivity index (χ4v) is 8.53. The van der Waals surface area contributed by atoms with E-state index in [0.29, 0.717) is 12.5 Å². The topological polar surface area (TPSA) is 105 Å². The normalized spacial score (nSPS) is 18.2. The van der Waals surface area contributed by atoms with Crippen molar-refractivity contribution in [3.05, 3.63) is 108 Å². The van der Waals surface area contributed by atoms with Gasteiger partial charge in [0.1, 0.15) is 11.9 Å². The Hall–Kier alpha value is -5.44. The number of alkyl carbamates (subject to hydrolysis) is 1. The van der Waals surface area contributed by atoms with E-state index in [4.69, 9.17) is 14.7 Å². The molecule has 9 nitrogen and oxygen atoms in total. The number of methoxy groups -OCH3 is 1. The molecule has 3 aromatic carbocycles. The van der Waals surface area contributed by atoms with Gasteiger partial charge in [-0.2, -0.15) is 0 Å². The van der Waals surface area contributed by atoms with Gasteiger partial charge in [-0.25, -0.2) is 9.78 Å². The van der Waals surface area contributed by atoms with Gasteiger partial charge in [-0.15, -0.1) is 0 Å². The molecule has 1 unspecified atom stereocenters. The van der Waals surface area contributed by atoms with Gasteiger partial charge in [0.05, 0.1) is 31.1 Å². The molecule has 0 bridgehead atoms. The summed E-state index contributed by atoms with van der Waals surface area (Å²) in [4.78, 5) is 40.8. The van der Waals surface area contributed by atoms with Gasteiger partial charge in [-0.05, 0) is 85.9 Å². The van der Waals surface area contributed by atoms with Crippen molar-refractivity contribution in [2.24, 2.45) is 10.9 Å². The number of carbonyl (C=O) groups excluding carboxylic acids is 2. The second kappa shape index (κ2) is 16.7. The summed E-state index contributed by atoms with van der Waals surface area (Å²) in [7, 11) is 1.31. The lowest BCUT2D eigenvalue weighted by Crippen LogP contribution is -2.53. The monoisotopic (exact) mass is 752 g/mol. The van der Waals surface area contributed by atoms with Gasteiger partial charge in [0, 0.05) is 52.1 Å². The van der Waals surface area contributed by atoms with Gasteiger partial charge in [-0.3, -0.25) is 9.79 Å². The number of H-pyrrole nitrogens is 1. The Morgan fingerprint density at radius 2 is 1.86 bits per heavy atom. The third-order valence-electron chi connectivity index (χ3n) is 11.8. The number of hydrogen-bond donors (Lipinski definition) is 2. The number of benzene rings is 3. The summed E-state index contributed by atoms with van der Waals surface area (Å²) < 4.78 is 7.32. The molecule has 0 spiro atoms. The number of imidazole rings is 1. The van der Waals surface area contributed by atoms with Crippen LogP contribution in [-0.4, -0.2) is 62.9 Å². The number of fused-ring (bicyclic) bond motifs is 5. The molecule has 5 aromatic rings. The molecule has 4 atom stereocenters. The quantitative estimate of drug-likeness (QED) is 0.124. The van der Waals surface area contributed by atoms with Crippen LogP contribution >= 0.6 is 0 Å². The van der Waals surface area contributed by atoms with E-state index in [1.165, 1.54) is 53.2 Å². The number of amides is 2. The maximum absolute atomic E-state index is 13.6. The fourth-order valence-electron chi connectivity index (χ4n) is 8.53. The summed E-state index contributed by atoms with van der Waals surface area (Å²) in [6.45, 7) is 13.1. The highest BCUT2D eigenvalue weighted by atomic mass is 16.5. The van der Waals surface area contributed by atoms with E-state index in [1.807, 2.05) is 38.1 Å². The van der Waals surface area contributed by atoms with Crippen LogP contribution in [0.25, 0.3) is 39.0 Å². The lowest BCUT2D eigenvalue weighted by Gasteiger charge is -2.30. The van der Waals surface area contributed by atoms with Crippen LogP contribution in [0.2, 0.25) is 0 Å². The molecule has 1 saturated heterocycles. The molecule has 0 radical (unpaired) electrons. The molecular weight excluding hydrogens is 697 g/mol. The number of nitrogens with zero attached hydrogens (tertiary/aromatic N) is 4. The summed E-state index contributed by atoms with van der Waals surface area (Å²) in [6.07, 6.45) is 9.46. The molecule has 2 aromatic heterocycles. The van der Waals surface area contributed by atoms with Crippen LogP contribution in [0.15, 0.2) is 90.2 Å². The van der Waals surface area contributed by atoms with Crippen molar-refractivity contribution in [3.8, 4) is 22.5 Å². The van der Waals surface area contributed by atoms with E-state index in [-0.39, 0.29) is 23.9 Å². The van der Waals surface area contributed by atoms with Gasteiger partial charge in [0.25, 0.3) is 0 Å². The third-order valence-corrected chi connectivity index (χ3v) is 11.8. The minimum Gasteiger partial charge on any atom is -0.453 e. The number of hydrogen-bond acceptors (Lipinski definition) is 5. The van der Waals surface area contributed by atoms with E-state index in [1.54, 1.807) is 0 Å².